The van der Waals surface area contributed by atoms with Crippen molar-refractivity contribution in [2.45, 2.75) is 136 Å². The SMILES string of the molecule is CC(C)[C@H](NC(=O)N1c2ccc(N(C)C)cc2Sc2cc(N(C)C)ccc21)C(=O)N[C@@H](CO)C(=O)N[C@@H](CCCNC(=N)N)C(=O)N[C@@H](CCCNC(=N)N)C(=O)N[C@@H](CCCNC(=N)N)C(=O)N[C@@H](CCCNC(=N)N)C(=O)N[C@@H](CCCNC(=N)N)C(=O)NCC(=O)NCC(=O)N[C@@H](CS)C(=O)O. The number of aliphatic hydroxyl groups excluding tert-OH is 1. The van der Waals surface area contributed by atoms with Crippen molar-refractivity contribution in [1.29, 1.82) is 27.0 Å². The van der Waals surface area contributed by atoms with E-state index in [1.54, 1.807) is 26.0 Å². The Morgan fingerprint density at radius 2 is 0.771 bits per heavy atom. The monoisotopic (exact) mass is 1510 g/mol. The molecule has 0 bridgehead atoms. The van der Waals surface area contributed by atoms with Crippen LogP contribution in [0.5, 0.6) is 0 Å². The highest BCUT2D eigenvalue weighted by Crippen LogP contribution is 2.50. The number of rotatable bonds is 45. The molecular formula is C62H104N28O13S2. The summed E-state index contributed by atoms with van der Waals surface area (Å²) in [6, 6.07) is -1.67. The van der Waals surface area contributed by atoms with Gasteiger partial charge in [-0.2, -0.15) is 12.6 Å². The Balaban J connectivity index is 2.00. The van der Waals surface area contributed by atoms with Crippen LogP contribution in [0.2, 0.25) is 0 Å². The van der Waals surface area contributed by atoms with Gasteiger partial charge in [-0.1, -0.05) is 25.6 Å². The van der Waals surface area contributed by atoms with Crippen LogP contribution in [-0.4, -0.2) is 240 Å². The molecule has 41 nitrogen and oxygen atoms in total. The minimum atomic E-state index is -1.75. The first kappa shape index (κ1) is 88.2. The van der Waals surface area contributed by atoms with Crippen LogP contribution in [0.25, 0.3) is 0 Å². The number of nitrogens with two attached hydrogens (primary N) is 5. The molecule has 0 saturated heterocycles. The molecule has 0 radical (unpaired) electrons. The summed E-state index contributed by atoms with van der Waals surface area (Å²) in [6.45, 7) is 0.866. The predicted octanol–water partition coefficient (Wildman–Crippen LogP) is -5.90. The molecule has 43 heteroatoms. The normalized spacial score (nSPS) is 13.5. The summed E-state index contributed by atoms with van der Waals surface area (Å²) in [5.41, 5.74) is 30.4. The van der Waals surface area contributed by atoms with Gasteiger partial charge in [0.1, 0.15) is 48.3 Å². The van der Waals surface area contributed by atoms with Gasteiger partial charge >= 0.3 is 12.0 Å². The summed E-state index contributed by atoms with van der Waals surface area (Å²) in [5.74, 6) is -13.0. The molecule has 0 fully saturated rings. The predicted molar refractivity (Wildman–Crippen MR) is 399 cm³/mol. The number of carbonyl (C=O) groups is 11. The lowest BCUT2D eigenvalue weighted by atomic mass is 10.0. The third-order valence-electron chi connectivity index (χ3n) is 15.6. The fourth-order valence-corrected chi connectivity index (χ4v) is 11.4. The van der Waals surface area contributed by atoms with E-state index in [0.29, 0.717) is 11.4 Å². The minimum Gasteiger partial charge on any atom is -0.480 e. The van der Waals surface area contributed by atoms with E-state index in [4.69, 9.17) is 55.7 Å². The van der Waals surface area contributed by atoms with Gasteiger partial charge in [-0.25, -0.2) is 9.59 Å². The average Bonchev–Trinajstić information content (AvgIpc) is 0.755. The molecule has 8 atom stereocenters. The Bertz CT molecular complexity index is 3350. The number of hydrogen-bond acceptors (Lipinski definition) is 21. The van der Waals surface area contributed by atoms with Crippen molar-refractivity contribution in [3.63, 3.8) is 0 Å². The van der Waals surface area contributed by atoms with Crippen LogP contribution in [-0.2, 0) is 47.9 Å². The molecule has 1 aliphatic heterocycles. The summed E-state index contributed by atoms with van der Waals surface area (Å²) < 4.78 is 0. The van der Waals surface area contributed by atoms with Crippen molar-refractivity contribution in [2.24, 2.45) is 34.6 Å². The van der Waals surface area contributed by atoms with Crippen LogP contribution in [0.15, 0.2) is 46.2 Å². The average molecular weight is 1510 g/mol. The fourth-order valence-electron chi connectivity index (χ4n) is 10.1. The lowest BCUT2D eigenvalue weighted by Crippen LogP contribution is -2.61. The Hall–Kier alpha value is -11.0. The van der Waals surface area contributed by atoms with Crippen molar-refractivity contribution in [3.8, 4) is 0 Å². The molecule has 0 aromatic heterocycles. The number of amides is 11. The quantitative estimate of drug-likeness (QED) is 0.0127. The molecule has 0 aliphatic carbocycles. The molecule has 0 spiro atoms. The van der Waals surface area contributed by atoms with Crippen LogP contribution in [0, 0.1) is 33.0 Å². The van der Waals surface area contributed by atoms with Gasteiger partial charge in [0.25, 0.3) is 0 Å². The van der Waals surface area contributed by atoms with Gasteiger partial charge in [-0.3, -0.25) is 75.1 Å². The smallest absolute Gasteiger partial charge is 0.327 e. The Morgan fingerprint density at radius 1 is 0.448 bits per heavy atom. The summed E-state index contributed by atoms with van der Waals surface area (Å²) in [5, 5.41) is 96.1. The van der Waals surface area contributed by atoms with Crippen molar-refractivity contribution in [2.75, 3.05) is 101 Å². The molecule has 2 aromatic rings. The number of fused-ring (bicyclic) bond motifs is 2. The van der Waals surface area contributed by atoms with E-state index in [1.807, 2.05) is 62.3 Å². The number of hydrogen-bond donors (Lipinski definition) is 28. The largest absolute Gasteiger partial charge is 0.480 e. The lowest BCUT2D eigenvalue weighted by Gasteiger charge is -2.34. The van der Waals surface area contributed by atoms with E-state index < -0.39 is 169 Å². The molecule has 32 N–H and O–H groups in total. The van der Waals surface area contributed by atoms with Crippen molar-refractivity contribution < 1.29 is 63.0 Å². The summed E-state index contributed by atoms with van der Waals surface area (Å²) in [7, 11) is 7.54. The Kier molecular flexibility index (Phi) is 38.0. The Labute approximate surface area is 617 Å². The number of aliphatic hydroxyl groups is 1. The minimum absolute atomic E-state index is 0.00331. The van der Waals surface area contributed by atoms with Crippen LogP contribution in [0.4, 0.5) is 27.5 Å². The number of thiol groups is 1. The number of benzene rings is 2. The summed E-state index contributed by atoms with van der Waals surface area (Å²) in [6.07, 6.45) is -0.845. The highest BCUT2D eigenvalue weighted by atomic mass is 32.2. The number of nitrogens with zero attached hydrogens (tertiary/aromatic N) is 3. The molecule has 0 saturated carbocycles. The number of aliphatic carboxylic acids is 1. The standard InChI is InChI=1S/C62H104N28O13S2/c1-32(2)48(87-62(103)90-42-19-17-33(88(3)4)26-44(42)105-45-27-34(89(5)6)18-20-43(45)90)55(100)86-40(30-91)54(99)85-39(16-11-25-77-61(71)72)53(98)84-38(15-10-24-76-60(69)70)52(97)83-37(14-9-23-75-59(67)68)51(96)82-36(13-8-22-74-58(65)66)50(95)81-35(12-7-21-73-57(63)64)49(94)79-28-46(92)78-29-47(93)80-41(31-104)56(101)102/h17-20,26-27,32,35-41,48,91,104H,7-16,21-25,28-31H2,1-6H3,(H,78,92)(H,79,94)(H,80,93)(H,81,95)(H,82,96)(H,83,97)(H,84,98)(H,85,99)(H,86,100)(H,87,103)(H,101,102)(H4,63,64,73)(H4,65,66,74)(H4,67,68,75)(H4,69,70,76)(H4,71,72,77)/t35-,36-,37-,38-,39-,40-,41-,48-/m0/s1. The molecule has 0 unspecified atom stereocenters. The zero-order chi connectivity index (χ0) is 78.6. The van der Waals surface area contributed by atoms with Crippen molar-refractivity contribution >= 4 is 142 Å². The zero-order valence-corrected chi connectivity index (χ0v) is 61.3. The van der Waals surface area contributed by atoms with E-state index >= 15 is 0 Å². The van der Waals surface area contributed by atoms with Gasteiger partial charge in [0.05, 0.1) is 31.1 Å². The van der Waals surface area contributed by atoms with Gasteiger partial charge in [-0.15, -0.1) is 0 Å². The zero-order valence-electron chi connectivity index (χ0n) is 59.6. The second kappa shape index (κ2) is 45.2. The maximum Gasteiger partial charge on any atom is 0.327 e. The van der Waals surface area contributed by atoms with Gasteiger partial charge < -0.3 is 128 Å². The number of anilines is 4. The molecule has 3 rings (SSSR count). The van der Waals surface area contributed by atoms with E-state index in [1.165, 1.54) is 16.7 Å². The fraction of sp³-hybridized carbons (Fsp3) is 0.548. The molecule has 11 amide bonds. The maximum atomic E-state index is 14.8. The molecule has 1 heterocycles. The van der Waals surface area contributed by atoms with E-state index in [9.17, 15) is 63.0 Å². The second-order valence-corrected chi connectivity index (χ2v) is 26.2. The van der Waals surface area contributed by atoms with Gasteiger partial charge in [0.2, 0.25) is 53.2 Å². The van der Waals surface area contributed by atoms with Gasteiger partial charge in [0, 0.05) is 87.8 Å². The van der Waals surface area contributed by atoms with E-state index in [-0.39, 0.29) is 103 Å². The first-order chi connectivity index (χ1) is 49.6. The number of urea groups is 1. The maximum absolute atomic E-state index is 14.8. The first-order valence-electron chi connectivity index (χ1n) is 33.5. The number of carboxylic acids is 1. The van der Waals surface area contributed by atoms with Crippen LogP contribution in [0.1, 0.15) is 78.1 Å². The molecule has 1 aliphatic rings. The Morgan fingerprint density at radius 3 is 1.08 bits per heavy atom. The summed E-state index contributed by atoms with van der Waals surface area (Å²) >= 11 is 5.34. The van der Waals surface area contributed by atoms with Crippen molar-refractivity contribution in [3.05, 3.63) is 36.4 Å². The number of guanidine groups is 5. The highest BCUT2D eigenvalue weighted by Gasteiger charge is 2.37. The highest BCUT2D eigenvalue weighted by molar-refractivity contribution is 7.99. The number of nitrogens with one attached hydrogen (secondary N) is 20. The number of carbonyl (C=O) groups excluding carboxylic acids is 10. The van der Waals surface area contributed by atoms with E-state index in [2.05, 4.69) is 92.4 Å². The van der Waals surface area contributed by atoms with Crippen molar-refractivity contribution in [1.82, 2.24) is 79.8 Å². The molecular weight excluding hydrogens is 1410 g/mol. The third-order valence-corrected chi connectivity index (χ3v) is 17.1. The third kappa shape index (κ3) is 31.7. The molecule has 582 valence electrons. The van der Waals surface area contributed by atoms with E-state index in [0.717, 1.165) is 21.2 Å². The van der Waals surface area contributed by atoms with Crippen LogP contribution >= 0.6 is 24.4 Å². The topological polar surface area (TPSA) is 668 Å². The second-order valence-electron chi connectivity index (χ2n) is 24.8. The first-order valence-corrected chi connectivity index (χ1v) is 34.9. The molecule has 105 heavy (non-hydrogen) atoms. The van der Waals surface area contributed by atoms with Gasteiger partial charge in [0.15, 0.2) is 29.8 Å². The number of carboxylic acid groups (broad SMARTS) is 1. The van der Waals surface area contributed by atoms with Crippen LogP contribution < -0.4 is 123 Å². The molecule has 2 aromatic carbocycles. The lowest BCUT2D eigenvalue weighted by molar-refractivity contribution is -0.141. The van der Waals surface area contributed by atoms with Crippen LogP contribution in [0.3, 0.4) is 0 Å². The van der Waals surface area contributed by atoms with Gasteiger partial charge in [-0.05, 0) is 107 Å². The summed E-state index contributed by atoms with van der Waals surface area (Å²) in [4.78, 5) is 159.